The van der Waals surface area contributed by atoms with E-state index in [4.69, 9.17) is 5.84 Å². The molecule has 0 fully saturated rings. The van der Waals surface area contributed by atoms with E-state index in [-0.39, 0.29) is 5.91 Å². The molecule has 0 aromatic heterocycles. The third-order valence-corrected chi connectivity index (χ3v) is 2.86. The van der Waals surface area contributed by atoms with Crippen LogP contribution in [0.4, 0.5) is 11.4 Å². The van der Waals surface area contributed by atoms with Gasteiger partial charge in [-0.3, -0.25) is 10.2 Å². The number of nitrogens with one attached hydrogen (secondary N) is 1. The summed E-state index contributed by atoms with van der Waals surface area (Å²) in [6, 6.07) is 19.9. The summed E-state index contributed by atoms with van der Waals surface area (Å²) in [7, 11) is 0. The van der Waals surface area contributed by atoms with Crippen LogP contribution in [0.15, 0.2) is 60.7 Å². The molecule has 0 spiro atoms. The number of nitrogens with zero attached hydrogens (tertiary/aromatic N) is 1. The molecule has 19 heavy (non-hydrogen) atoms. The van der Waals surface area contributed by atoms with E-state index in [1.165, 1.54) is 0 Å². The minimum absolute atomic E-state index is 0.170. The molecule has 2 rings (SSSR count). The second kappa shape index (κ2) is 6.56. The molecule has 0 radical (unpaired) electrons. The predicted octanol–water partition coefficient (Wildman–Crippen LogP) is 2.20. The minimum Gasteiger partial charge on any atom is -0.341 e. The van der Waals surface area contributed by atoms with E-state index in [2.05, 4.69) is 10.3 Å². The first-order chi connectivity index (χ1) is 9.31. The molecule has 0 bridgehead atoms. The fourth-order valence-corrected chi connectivity index (χ4v) is 1.91. The number of hydrazine groups is 1. The van der Waals surface area contributed by atoms with Gasteiger partial charge in [-0.05, 0) is 24.3 Å². The second-order valence-electron chi connectivity index (χ2n) is 4.14. The normalized spacial score (nSPS) is 9.95. The summed E-state index contributed by atoms with van der Waals surface area (Å²) in [5.41, 5.74) is 4.27. The first-order valence-electron chi connectivity index (χ1n) is 6.18. The number of carbonyl (C=O) groups is 1. The van der Waals surface area contributed by atoms with Crippen LogP contribution in [0.1, 0.15) is 6.42 Å². The van der Waals surface area contributed by atoms with Crippen molar-refractivity contribution in [1.29, 1.82) is 0 Å². The van der Waals surface area contributed by atoms with Crippen LogP contribution < -0.4 is 16.2 Å². The fourth-order valence-electron chi connectivity index (χ4n) is 1.91. The van der Waals surface area contributed by atoms with Crippen LogP contribution in [0.3, 0.4) is 0 Å². The zero-order valence-corrected chi connectivity index (χ0v) is 10.6. The van der Waals surface area contributed by atoms with Crippen LogP contribution in [0, 0.1) is 0 Å². The average Bonchev–Trinajstić information content (AvgIpc) is 2.49. The number of anilines is 2. The summed E-state index contributed by atoms with van der Waals surface area (Å²) in [5.74, 6) is 4.95. The molecule has 2 aromatic carbocycles. The Morgan fingerprint density at radius 3 is 1.84 bits per heavy atom. The van der Waals surface area contributed by atoms with Crippen molar-refractivity contribution in [1.82, 2.24) is 5.43 Å². The van der Waals surface area contributed by atoms with E-state index < -0.39 is 0 Å². The van der Waals surface area contributed by atoms with E-state index >= 15 is 0 Å². The highest BCUT2D eigenvalue weighted by Gasteiger charge is 2.10. The average molecular weight is 255 g/mol. The van der Waals surface area contributed by atoms with Gasteiger partial charge in [-0.25, -0.2) is 5.84 Å². The first-order valence-corrected chi connectivity index (χ1v) is 6.18. The Bertz CT molecular complexity index is 474. The molecular formula is C15H17N3O. The van der Waals surface area contributed by atoms with Gasteiger partial charge in [-0.2, -0.15) is 0 Å². The van der Waals surface area contributed by atoms with E-state index in [1.54, 1.807) is 0 Å². The molecule has 4 heteroatoms. The number of amides is 1. The Labute approximate surface area is 112 Å². The monoisotopic (exact) mass is 255 g/mol. The number of para-hydroxylation sites is 2. The largest absolute Gasteiger partial charge is 0.341 e. The van der Waals surface area contributed by atoms with Crippen molar-refractivity contribution in [3.8, 4) is 0 Å². The van der Waals surface area contributed by atoms with Gasteiger partial charge in [0, 0.05) is 24.3 Å². The van der Waals surface area contributed by atoms with Gasteiger partial charge in [-0.15, -0.1) is 0 Å². The Hall–Kier alpha value is -2.33. The van der Waals surface area contributed by atoms with Gasteiger partial charge in [-0.1, -0.05) is 36.4 Å². The van der Waals surface area contributed by atoms with Crippen molar-refractivity contribution < 1.29 is 4.79 Å². The highest BCUT2D eigenvalue weighted by Crippen LogP contribution is 2.24. The maximum Gasteiger partial charge on any atom is 0.235 e. The summed E-state index contributed by atoms with van der Waals surface area (Å²) in [6.45, 7) is 0.580. The van der Waals surface area contributed by atoms with E-state index in [1.807, 2.05) is 60.7 Å². The van der Waals surface area contributed by atoms with Crippen LogP contribution in [-0.2, 0) is 4.79 Å². The Balaban J connectivity index is 2.21. The molecular weight excluding hydrogens is 238 g/mol. The summed E-state index contributed by atoms with van der Waals surface area (Å²) in [5, 5.41) is 0. The number of carbonyl (C=O) groups excluding carboxylic acids is 1. The van der Waals surface area contributed by atoms with Gasteiger partial charge in [0.25, 0.3) is 0 Å². The van der Waals surface area contributed by atoms with E-state index in [9.17, 15) is 4.79 Å². The van der Waals surface area contributed by atoms with Crippen molar-refractivity contribution in [2.24, 2.45) is 5.84 Å². The molecule has 3 N–H and O–H groups in total. The van der Waals surface area contributed by atoms with Gasteiger partial charge in [0.1, 0.15) is 0 Å². The van der Waals surface area contributed by atoms with Gasteiger partial charge < -0.3 is 4.90 Å². The molecule has 0 aliphatic carbocycles. The smallest absolute Gasteiger partial charge is 0.235 e. The number of hydrogen-bond acceptors (Lipinski definition) is 3. The second-order valence-corrected chi connectivity index (χ2v) is 4.14. The maximum atomic E-state index is 11.3. The lowest BCUT2D eigenvalue weighted by Crippen LogP contribution is -2.33. The molecule has 98 valence electrons. The number of hydrogen-bond donors (Lipinski definition) is 2. The van der Waals surface area contributed by atoms with Crippen LogP contribution in [0.5, 0.6) is 0 Å². The minimum atomic E-state index is -0.170. The van der Waals surface area contributed by atoms with Crippen molar-refractivity contribution in [2.75, 3.05) is 11.4 Å². The lowest BCUT2D eigenvalue weighted by Gasteiger charge is -2.24. The Morgan fingerprint density at radius 2 is 1.42 bits per heavy atom. The van der Waals surface area contributed by atoms with Crippen LogP contribution in [0.25, 0.3) is 0 Å². The third kappa shape index (κ3) is 3.56. The molecule has 4 nitrogen and oxygen atoms in total. The summed E-state index contributed by atoms with van der Waals surface area (Å²) >= 11 is 0. The molecule has 0 saturated carbocycles. The zero-order chi connectivity index (χ0) is 13.5. The summed E-state index contributed by atoms with van der Waals surface area (Å²) in [4.78, 5) is 13.4. The SMILES string of the molecule is NNC(=O)CCN(c1ccccc1)c1ccccc1. The maximum absolute atomic E-state index is 11.3. The molecule has 0 saturated heterocycles. The lowest BCUT2D eigenvalue weighted by atomic mass is 10.2. The molecule has 0 atom stereocenters. The molecule has 0 unspecified atom stereocenters. The number of rotatable bonds is 5. The topological polar surface area (TPSA) is 58.4 Å². The number of benzene rings is 2. The predicted molar refractivity (Wildman–Crippen MR) is 76.8 cm³/mol. The Morgan fingerprint density at radius 1 is 0.947 bits per heavy atom. The molecule has 0 heterocycles. The van der Waals surface area contributed by atoms with Gasteiger partial charge >= 0.3 is 0 Å². The molecule has 1 amide bonds. The summed E-state index contributed by atoms with van der Waals surface area (Å²) in [6.07, 6.45) is 0.348. The number of nitrogens with two attached hydrogens (primary N) is 1. The zero-order valence-electron chi connectivity index (χ0n) is 10.6. The third-order valence-electron chi connectivity index (χ3n) is 2.86. The highest BCUT2D eigenvalue weighted by atomic mass is 16.2. The fraction of sp³-hybridized carbons (Fsp3) is 0.133. The lowest BCUT2D eigenvalue weighted by molar-refractivity contribution is -0.120. The van der Waals surface area contributed by atoms with Crippen LogP contribution in [0.2, 0.25) is 0 Å². The molecule has 0 aliphatic heterocycles. The quantitative estimate of drug-likeness (QED) is 0.489. The summed E-state index contributed by atoms with van der Waals surface area (Å²) < 4.78 is 0. The highest BCUT2D eigenvalue weighted by molar-refractivity contribution is 5.76. The molecule has 2 aromatic rings. The van der Waals surface area contributed by atoms with Crippen molar-refractivity contribution in [3.05, 3.63) is 60.7 Å². The van der Waals surface area contributed by atoms with Gasteiger partial charge in [0.15, 0.2) is 0 Å². The van der Waals surface area contributed by atoms with Crippen LogP contribution >= 0.6 is 0 Å². The standard InChI is InChI=1S/C15H17N3O/c16-17-15(19)11-12-18(13-7-3-1-4-8-13)14-9-5-2-6-10-14/h1-10H,11-12,16H2,(H,17,19). The Kier molecular flexibility index (Phi) is 4.53. The van der Waals surface area contributed by atoms with E-state index in [0.29, 0.717) is 13.0 Å². The van der Waals surface area contributed by atoms with Crippen molar-refractivity contribution >= 4 is 17.3 Å². The van der Waals surface area contributed by atoms with Crippen LogP contribution in [-0.4, -0.2) is 12.5 Å². The van der Waals surface area contributed by atoms with Crippen molar-refractivity contribution in [2.45, 2.75) is 6.42 Å². The van der Waals surface area contributed by atoms with Gasteiger partial charge in [0.2, 0.25) is 5.91 Å². The first kappa shape index (κ1) is 13.1. The molecule has 0 aliphatic rings. The van der Waals surface area contributed by atoms with Crippen molar-refractivity contribution in [3.63, 3.8) is 0 Å². The van der Waals surface area contributed by atoms with Gasteiger partial charge in [0.05, 0.1) is 0 Å². The van der Waals surface area contributed by atoms with E-state index in [0.717, 1.165) is 11.4 Å².